The van der Waals surface area contributed by atoms with Crippen LogP contribution in [-0.4, -0.2) is 28.3 Å². The lowest BCUT2D eigenvalue weighted by atomic mass is 10.4. The van der Waals surface area contributed by atoms with E-state index in [1.165, 1.54) is 6.42 Å². The van der Waals surface area contributed by atoms with Gasteiger partial charge in [0.1, 0.15) is 5.03 Å². The first-order chi connectivity index (χ1) is 6.36. The standard InChI is InChI=1S/C9H13N3S/c1-7-9(12-5-4-11-7)13-8-2-3-10-6-8/h4-5,8,10H,2-3,6H2,1H3. The van der Waals surface area contributed by atoms with Gasteiger partial charge in [0.05, 0.1) is 5.69 Å². The van der Waals surface area contributed by atoms with E-state index >= 15 is 0 Å². The van der Waals surface area contributed by atoms with E-state index in [1.807, 2.05) is 18.7 Å². The van der Waals surface area contributed by atoms with Crippen LogP contribution in [0.2, 0.25) is 0 Å². The average Bonchev–Trinajstić information content (AvgIpc) is 2.61. The zero-order chi connectivity index (χ0) is 9.10. The Morgan fingerprint density at radius 3 is 3.00 bits per heavy atom. The van der Waals surface area contributed by atoms with Crippen LogP contribution in [0.1, 0.15) is 12.1 Å². The maximum Gasteiger partial charge on any atom is 0.118 e. The summed E-state index contributed by atoms with van der Waals surface area (Å²) in [6.45, 7) is 4.25. The van der Waals surface area contributed by atoms with Gasteiger partial charge < -0.3 is 5.32 Å². The molecule has 1 fully saturated rings. The second-order valence-electron chi connectivity index (χ2n) is 3.18. The Morgan fingerprint density at radius 1 is 1.46 bits per heavy atom. The van der Waals surface area contributed by atoms with E-state index in [9.17, 15) is 0 Å². The predicted octanol–water partition coefficient (Wildman–Crippen LogP) is 1.24. The van der Waals surface area contributed by atoms with Gasteiger partial charge in [-0.25, -0.2) is 4.98 Å². The molecule has 2 heterocycles. The Hall–Kier alpha value is -0.610. The molecule has 0 aliphatic carbocycles. The third-order valence-corrected chi connectivity index (χ3v) is 3.49. The maximum absolute atomic E-state index is 4.31. The molecule has 1 saturated heterocycles. The average molecular weight is 195 g/mol. The highest BCUT2D eigenvalue weighted by Crippen LogP contribution is 2.26. The van der Waals surface area contributed by atoms with Crippen molar-refractivity contribution in [3.63, 3.8) is 0 Å². The summed E-state index contributed by atoms with van der Waals surface area (Å²) in [5, 5.41) is 5.10. The number of rotatable bonds is 2. The topological polar surface area (TPSA) is 37.8 Å². The smallest absolute Gasteiger partial charge is 0.118 e. The van der Waals surface area contributed by atoms with Gasteiger partial charge in [0.15, 0.2) is 0 Å². The van der Waals surface area contributed by atoms with E-state index in [0.717, 1.165) is 23.8 Å². The molecule has 0 saturated carbocycles. The zero-order valence-electron chi connectivity index (χ0n) is 7.66. The minimum Gasteiger partial charge on any atom is -0.316 e. The lowest BCUT2D eigenvalue weighted by molar-refractivity contribution is 0.858. The summed E-state index contributed by atoms with van der Waals surface area (Å²) in [5.41, 5.74) is 1.04. The fourth-order valence-corrected chi connectivity index (χ4v) is 2.49. The van der Waals surface area contributed by atoms with E-state index in [4.69, 9.17) is 0 Å². The number of aryl methyl sites for hydroxylation is 1. The van der Waals surface area contributed by atoms with Crippen LogP contribution in [0.25, 0.3) is 0 Å². The van der Waals surface area contributed by atoms with Crippen molar-refractivity contribution in [2.24, 2.45) is 0 Å². The van der Waals surface area contributed by atoms with Crippen molar-refractivity contribution in [2.75, 3.05) is 13.1 Å². The first kappa shape index (κ1) is 8.97. The molecule has 1 aliphatic rings. The maximum atomic E-state index is 4.31. The SMILES string of the molecule is Cc1nccnc1SC1CCNC1. The molecular weight excluding hydrogens is 182 g/mol. The third kappa shape index (κ3) is 2.19. The predicted molar refractivity (Wildman–Crippen MR) is 53.9 cm³/mol. The minimum atomic E-state index is 0.676. The molecule has 1 aromatic rings. The quantitative estimate of drug-likeness (QED) is 0.770. The molecule has 1 unspecified atom stereocenters. The summed E-state index contributed by atoms with van der Waals surface area (Å²) in [6, 6.07) is 0. The lowest BCUT2D eigenvalue weighted by Crippen LogP contribution is -2.10. The minimum absolute atomic E-state index is 0.676. The van der Waals surface area contributed by atoms with Gasteiger partial charge >= 0.3 is 0 Å². The molecule has 3 nitrogen and oxygen atoms in total. The summed E-state index contributed by atoms with van der Waals surface area (Å²) >= 11 is 1.84. The molecule has 70 valence electrons. The summed E-state index contributed by atoms with van der Waals surface area (Å²) in [5.74, 6) is 0. The van der Waals surface area contributed by atoms with Gasteiger partial charge in [0.2, 0.25) is 0 Å². The largest absolute Gasteiger partial charge is 0.316 e. The molecule has 13 heavy (non-hydrogen) atoms. The molecule has 1 N–H and O–H groups in total. The van der Waals surface area contributed by atoms with Crippen molar-refractivity contribution in [3.8, 4) is 0 Å². The van der Waals surface area contributed by atoms with Crippen molar-refractivity contribution < 1.29 is 0 Å². The van der Waals surface area contributed by atoms with Crippen LogP contribution in [0, 0.1) is 6.92 Å². The van der Waals surface area contributed by atoms with Gasteiger partial charge in [-0.15, -0.1) is 0 Å². The van der Waals surface area contributed by atoms with Crippen LogP contribution >= 0.6 is 11.8 Å². The molecule has 4 heteroatoms. The van der Waals surface area contributed by atoms with Crippen molar-refractivity contribution in [2.45, 2.75) is 23.6 Å². The zero-order valence-corrected chi connectivity index (χ0v) is 8.47. The van der Waals surface area contributed by atoms with E-state index in [-0.39, 0.29) is 0 Å². The van der Waals surface area contributed by atoms with Gasteiger partial charge in [-0.05, 0) is 19.9 Å². The van der Waals surface area contributed by atoms with Gasteiger partial charge in [-0.1, -0.05) is 11.8 Å². The fraction of sp³-hybridized carbons (Fsp3) is 0.556. The molecule has 0 spiro atoms. The number of thioether (sulfide) groups is 1. The Balaban J connectivity index is 2.04. The Bertz CT molecular complexity index is 284. The van der Waals surface area contributed by atoms with E-state index in [2.05, 4.69) is 15.3 Å². The second-order valence-corrected chi connectivity index (χ2v) is 4.47. The molecule has 1 aliphatic heterocycles. The van der Waals surface area contributed by atoms with Crippen molar-refractivity contribution in [1.82, 2.24) is 15.3 Å². The highest BCUT2D eigenvalue weighted by Gasteiger charge is 2.17. The summed E-state index contributed by atoms with van der Waals surface area (Å²) in [4.78, 5) is 8.53. The first-order valence-corrected chi connectivity index (χ1v) is 5.39. The monoisotopic (exact) mass is 195 g/mol. The van der Waals surface area contributed by atoms with Crippen LogP contribution in [0.5, 0.6) is 0 Å². The summed E-state index contributed by atoms with van der Waals surface area (Å²) in [7, 11) is 0. The van der Waals surface area contributed by atoms with E-state index in [0.29, 0.717) is 5.25 Å². The summed E-state index contributed by atoms with van der Waals surface area (Å²) in [6.07, 6.45) is 4.74. The van der Waals surface area contributed by atoms with E-state index in [1.54, 1.807) is 12.4 Å². The van der Waals surface area contributed by atoms with Crippen molar-refractivity contribution in [1.29, 1.82) is 0 Å². The van der Waals surface area contributed by atoms with Crippen LogP contribution in [0.4, 0.5) is 0 Å². The molecular formula is C9H13N3S. The second kappa shape index (κ2) is 4.07. The molecule has 1 atom stereocenters. The fourth-order valence-electron chi connectivity index (χ4n) is 1.40. The van der Waals surface area contributed by atoms with E-state index < -0.39 is 0 Å². The third-order valence-electron chi connectivity index (χ3n) is 2.13. The normalized spacial score (nSPS) is 22.1. The highest BCUT2D eigenvalue weighted by atomic mass is 32.2. The number of nitrogens with one attached hydrogen (secondary N) is 1. The van der Waals surface area contributed by atoms with Crippen molar-refractivity contribution in [3.05, 3.63) is 18.1 Å². The van der Waals surface area contributed by atoms with Crippen LogP contribution in [-0.2, 0) is 0 Å². The molecule has 0 aromatic carbocycles. The van der Waals surface area contributed by atoms with Crippen molar-refractivity contribution >= 4 is 11.8 Å². The number of hydrogen-bond donors (Lipinski definition) is 1. The molecule has 1 aromatic heterocycles. The molecule has 0 bridgehead atoms. The Kier molecular flexibility index (Phi) is 2.80. The summed E-state index contributed by atoms with van der Waals surface area (Å²) < 4.78 is 0. The van der Waals surface area contributed by atoms with Crippen LogP contribution in [0.15, 0.2) is 17.4 Å². The van der Waals surface area contributed by atoms with Gasteiger partial charge in [0, 0.05) is 24.2 Å². The van der Waals surface area contributed by atoms with Crippen LogP contribution < -0.4 is 5.32 Å². The number of nitrogens with zero attached hydrogens (tertiary/aromatic N) is 2. The highest BCUT2D eigenvalue weighted by molar-refractivity contribution is 7.99. The first-order valence-electron chi connectivity index (χ1n) is 4.51. The van der Waals surface area contributed by atoms with Gasteiger partial charge in [0.25, 0.3) is 0 Å². The number of aromatic nitrogens is 2. The van der Waals surface area contributed by atoms with Gasteiger partial charge in [-0.2, -0.15) is 0 Å². The van der Waals surface area contributed by atoms with Crippen LogP contribution in [0.3, 0.4) is 0 Å². The molecule has 0 radical (unpaired) electrons. The Morgan fingerprint density at radius 2 is 2.31 bits per heavy atom. The molecule has 2 rings (SSSR count). The lowest BCUT2D eigenvalue weighted by Gasteiger charge is -2.07. The van der Waals surface area contributed by atoms with Gasteiger partial charge in [-0.3, -0.25) is 4.98 Å². The Labute approximate surface area is 82.4 Å². The number of hydrogen-bond acceptors (Lipinski definition) is 4. The molecule has 0 amide bonds.